The van der Waals surface area contributed by atoms with Crippen LogP contribution in [0, 0.1) is 0 Å². The summed E-state index contributed by atoms with van der Waals surface area (Å²) in [4.78, 5) is 15.8. The minimum absolute atomic E-state index is 0.178. The van der Waals surface area contributed by atoms with E-state index in [2.05, 4.69) is 20.6 Å². The third kappa shape index (κ3) is 3.72. The number of hydrogen-bond acceptors (Lipinski definition) is 8. The zero-order valence-corrected chi connectivity index (χ0v) is 13.0. The van der Waals surface area contributed by atoms with E-state index in [9.17, 15) is 15.0 Å². The summed E-state index contributed by atoms with van der Waals surface area (Å²) in [6.07, 6.45) is -1.87. The van der Waals surface area contributed by atoms with Gasteiger partial charge in [-0.05, 0) is 5.56 Å². The number of ether oxygens (including phenoxy) is 1. The van der Waals surface area contributed by atoms with Crippen molar-refractivity contribution in [2.45, 2.75) is 24.5 Å². The number of aliphatic hydroxyl groups is 3. The van der Waals surface area contributed by atoms with E-state index in [4.69, 9.17) is 9.84 Å². The van der Waals surface area contributed by atoms with E-state index < -0.39 is 37.1 Å². The van der Waals surface area contributed by atoms with E-state index >= 15 is 0 Å². The van der Waals surface area contributed by atoms with Crippen molar-refractivity contribution in [2.75, 3.05) is 6.61 Å². The van der Waals surface area contributed by atoms with Gasteiger partial charge in [0.15, 0.2) is 6.23 Å². The van der Waals surface area contributed by atoms with E-state index in [0.717, 1.165) is 10.2 Å². The first-order valence-electron chi connectivity index (χ1n) is 7.52. The number of rotatable bonds is 5. The fraction of sp³-hybridized carbons (Fsp3) is 0.333. The highest BCUT2D eigenvalue weighted by molar-refractivity contribution is 5.91. The molecule has 0 saturated carbocycles. The fourth-order valence-electron chi connectivity index (χ4n) is 2.35. The number of carbonyl (C=O) groups excluding carboxylic acids is 1. The number of hydrogen-bond donors (Lipinski definition) is 4. The number of aliphatic hydroxyl groups excluding tert-OH is 3. The molecule has 10 heteroatoms. The predicted molar refractivity (Wildman–Crippen MR) is 84.5 cm³/mol. The molecule has 25 heavy (non-hydrogen) atoms. The Morgan fingerprint density at radius 1 is 1.32 bits per heavy atom. The van der Waals surface area contributed by atoms with Crippen molar-refractivity contribution in [3.63, 3.8) is 0 Å². The minimum Gasteiger partial charge on any atom is -0.394 e. The summed E-state index contributed by atoms with van der Waals surface area (Å²) in [6.45, 7) is -0.453. The van der Waals surface area contributed by atoms with Gasteiger partial charge in [-0.3, -0.25) is 4.79 Å². The summed E-state index contributed by atoms with van der Waals surface area (Å²) in [7, 11) is 0. The van der Waals surface area contributed by atoms with Crippen LogP contribution < -0.4 is 5.43 Å². The molecular weight excluding hydrogens is 330 g/mol. The lowest BCUT2D eigenvalue weighted by molar-refractivity contribution is -0.0588. The molecule has 132 valence electrons. The van der Waals surface area contributed by atoms with Crippen molar-refractivity contribution >= 4 is 12.1 Å². The van der Waals surface area contributed by atoms with Gasteiger partial charge >= 0.3 is 5.91 Å². The minimum atomic E-state index is -1.30. The van der Waals surface area contributed by atoms with Crippen LogP contribution in [0.5, 0.6) is 0 Å². The van der Waals surface area contributed by atoms with Gasteiger partial charge in [0, 0.05) is 0 Å². The summed E-state index contributed by atoms with van der Waals surface area (Å²) in [5.41, 5.74) is 3.10. The Morgan fingerprint density at radius 2 is 2.08 bits per heavy atom. The molecule has 1 amide bonds. The highest BCUT2D eigenvalue weighted by atomic mass is 16.6. The van der Waals surface area contributed by atoms with Gasteiger partial charge in [0.05, 0.1) is 12.8 Å². The van der Waals surface area contributed by atoms with E-state index in [-0.39, 0.29) is 5.82 Å². The molecule has 0 spiro atoms. The summed E-state index contributed by atoms with van der Waals surface area (Å²) in [5, 5.41) is 36.5. The van der Waals surface area contributed by atoms with Gasteiger partial charge in [-0.15, -0.1) is 5.10 Å². The summed E-state index contributed by atoms with van der Waals surface area (Å²) >= 11 is 0. The molecule has 0 unspecified atom stereocenters. The molecule has 1 saturated heterocycles. The molecule has 1 aliphatic heterocycles. The molecule has 1 fully saturated rings. The van der Waals surface area contributed by atoms with Gasteiger partial charge in [0.25, 0.3) is 0 Å². The topological polar surface area (TPSA) is 142 Å². The Balaban J connectivity index is 1.63. The second kappa shape index (κ2) is 7.49. The number of nitrogens with one attached hydrogen (secondary N) is 1. The average Bonchev–Trinajstić information content (AvgIpc) is 3.22. The summed E-state index contributed by atoms with van der Waals surface area (Å²) < 4.78 is 6.41. The second-order valence-electron chi connectivity index (χ2n) is 5.39. The van der Waals surface area contributed by atoms with Crippen LogP contribution in [0.15, 0.2) is 41.8 Å². The first-order chi connectivity index (χ1) is 12.1. The lowest BCUT2D eigenvalue weighted by Gasteiger charge is -2.13. The largest absolute Gasteiger partial charge is 0.394 e. The van der Waals surface area contributed by atoms with Gasteiger partial charge in [0.2, 0.25) is 5.82 Å². The Labute approximate surface area is 142 Å². The van der Waals surface area contributed by atoms with Crippen LogP contribution in [0.25, 0.3) is 0 Å². The van der Waals surface area contributed by atoms with Crippen LogP contribution in [0.3, 0.4) is 0 Å². The van der Waals surface area contributed by atoms with Crippen molar-refractivity contribution in [2.24, 2.45) is 5.10 Å². The number of carbonyl (C=O) groups is 1. The first-order valence-corrected chi connectivity index (χ1v) is 7.52. The molecule has 4 atom stereocenters. The van der Waals surface area contributed by atoms with Crippen LogP contribution >= 0.6 is 0 Å². The number of aromatic nitrogens is 3. The van der Waals surface area contributed by atoms with Gasteiger partial charge in [-0.2, -0.15) is 5.10 Å². The molecule has 2 heterocycles. The van der Waals surface area contributed by atoms with Crippen molar-refractivity contribution in [1.29, 1.82) is 0 Å². The van der Waals surface area contributed by atoms with Crippen LogP contribution in [0.4, 0.5) is 0 Å². The number of amides is 1. The lowest BCUT2D eigenvalue weighted by Crippen LogP contribution is -2.33. The average molecular weight is 347 g/mol. The van der Waals surface area contributed by atoms with E-state index in [1.165, 1.54) is 12.5 Å². The Hall–Kier alpha value is -2.66. The third-order valence-electron chi connectivity index (χ3n) is 3.67. The van der Waals surface area contributed by atoms with Crippen molar-refractivity contribution in [3.8, 4) is 0 Å². The van der Waals surface area contributed by atoms with Crippen LogP contribution in [-0.4, -0.2) is 67.1 Å². The van der Waals surface area contributed by atoms with Crippen LogP contribution in [0.1, 0.15) is 22.4 Å². The zero-order valence-electron chi connectivity index (χ0n) is 13.0. The zero-order chi connectivity index (χ0) is 17.8. The number of hydrazone groups is 1. The first kappa shape index (κ1) is 17.2. The van der Waals surface area contributed by atoms with Gasteiger partial charge in [-0.1, -0.05) is 30.3 Å². The third-order valence-corrected chi connectivity index (χ3v) is 3.67. The SMILES string of the molecule is O=C(N/N=C\c1ccccc1)c1ncn([C@@H]2O[C@H](CO)[C@@H](O)[C@H]2O)n1. The van der Waals surface area contributed by atoms with Crippen LogP contribution in [-0.2, 0) is 4.74 Å². The van der Waals surface area contributed by atoms with Crippen LogP contribution in [0.2, 0.25) is 0 Å². The molecular formula is C15H17N5O5. The predicted octanol–water partition coefficient (Wildman–Crippen LogP) is -1.35. The van der Waals surface area contributed by atoms with Gasteiger partial charge < -0.3 is 20.1 Å². The summed E-state index contributed by atoms with van der Waals surface area (Å²) in [6, 6.07) is 9.19. The molecule has 1 aromatic carbocycles. The van der Waals surface area contributed by atoms with Gasteiger partial charge in [-0.25, -0.2) is 15.1 Å². The molecule has 0 bridgehead atoms. The van der Waals surface area contributed by atoms with E-state index in [0.29, 0.717) is 0 Å². The standard InChI is InChI=1S/C15H17N5O5/c21-7-10-11(22)12(23)15(25-10)20-8-16-13(19-20)14(24)18-17-6-9-4-2-1-3-5-9/h1-6,8,10-12,15,21-23H,7H2,(H,18,24)/b17-6-/t10-,11-,12-,15-/m1/s1. The number of benzene rings is 1. The highest BCUT2D eigenvalue weighted by Crippen LogP contribution is 2.28. The Kier molecular flexibility index (Phi) is 5.14. The normalized spacial score (nSPS) is 26.2. The molecule has 0 aliphatic carbocycles. The fourth-order valence-corrected chi connectivity index (χ4v) is 2.35. The van der Waals surface area contributed by atoms with Crippen molar-refractivity contribution in [1.82, 2.24) is 20.2 Å². The number of nitrogens with zero attached hydrogens (tertiary/aromatic N) is 4. The maximum Gasteiger partial charge on any atom is 0.310 e. The van der Waals surface area contributed by atoms with Crippen molar-refractivity contribution < 1.29 is 24.9 Å². The molecule has 4 N–H and O–H groups in total. The van der Waals surface area contributed by atoms with E-state index in [1.807, 2.05) is 30.3 Å². The second-order valence-corrected chi connectivity index (χ2v) is 5.39. The Bertz CT molecular complexity index is 750. The molecule has 2 aromatic rings. The smallest absolute Gasteiger partial charge is 0.310 e. The van der Waals surface area contributed by atoms with E-state index in [1.54, 1.807) is 0 Å². The highest BCUT2D eigenvalue weighted by Gasteiger charge is 2.44. The molecule has 1 aliphatic rings. The maximum atomic E-state index is 12.0. The summed E-state index contributed by atoms with van der Waals surface area (Å²) in [5.74, 6) is -0.819. The van der Waals surface area contributed by atoms with Gasteiger partial charge in [0.1, 0.15) is 24.6 Å². The quantitative estimate of drug-likeness (QED) is 0.387. The Morgan fingerprint density at radius 3 is 2.76 bits per heavy atom. The maximum absolute atomic E-state index is 12.0. The molecule has 10 nitrogen and oxygen atoms in total. The lowest BCUT2D eigenvalue weighted by atomic mass is 10.1. The van der Waals surface area contributed by atoms with Crippen molar-refractivity contribution in [3.05, 3.63) is 48.0 Å². The molecule has 0 radical (unpaired) electrons. The molecule has 3 rings (SSSR count). The monoisotopic (exact) mass is 347 g/mol. The molecule has 1 aromatic heterocycles.